The zero-order valence-corrected chi connectivity index (χ0v) is 13.1. The van der Waals surface area contributed by atoms with Crippen LogP contribution < -0.4 is 10.1 Å². The van der Waals surface area contributed by atoms with Crippen LogP contribution in [-0.4, -0.2) is 44.1 Å². The molecular weight excluding hydrogens is 252 g/mol. The summed E-state index contributed by atoms with van der Waals surface area (Å²) >= 11 is 0. The van der Waals surface area contributed by atoms with Gasteiger partial charge in [0.1, 0.15) is 5.75 Å². The largest absolute Gasteiger partial charge is 0.491 e. The Balaban J connectivity index is 2.55. The Morgan fingerprint density at radius 1 is 1.30 bits per heavy atom. The average molecular weight is 278 g/mol. The van der Waals surface area contributed by atoms with E-state index in [1.54, 1.807) is 12.1 Å². The molecular formula is C16H26N2O2. The van der Waals surface area contributed by atoms with E-state index in [1.165, 1.54) is 0 Å². The highest BCUT2D eigenvalue weighted by Crippen LogP contribution is 2.14. The minimum Gasteiger partial charge on any atom is -0.491 e. The van der Waals surface area contributed by atoms with Crippen LogP contribution in [0.5, 0.6) is 5.75 Å². The minimum atomic E-state index is -0.0511. The molecule has 0 aromatic heterocycles. The fraction of sp³-hybridized carbons (Fsp3) is 0.562. The molecule has 0 radical (unpaired) electrons. The molecule has 0 aliphatic heterocycles. The Hall–Kier alpha value is -1.55. The van der Waals surface area contributed by atoms with Gasteiger partial charge in [-0.3, -0.25) is 4.79 Å². The minimum absolute atomic E-state index is 0.0511. The summed E-state index contributed by atoms with van der Waals surface area (Å²) in [6.45, 7) is 7.69. The van der Waals surface area contributed by atoms with E-state index in [0.29, 0.717) is 18.0 Å². The molecule has 0 fully saturated rings. The normalized spacial score (nSPS) is 12.6. The maximum Gasteiger partial charge on any atom is 0.251 e. The van der Waals surface area contributed by atoms with Gasteiger partial charge in [0, 0.05) is 18.7 Å². The molecule has 1 aromatic carbocycles. The lowest BCUT2D eigenvalue weighted by molar-refractivity contribution is 0.0945. The Bertz CT molecular complexity index is 430. The third kappa shape index (κ3) is 6.06. The number of nitrogens with zero attached hydrogens (tertiary/aromatic N) is 1. The molecule has 0 spiro atoms. The maximum atomic E-state index is 12.1. The molecule has 0 saturated carbocycles. The summed E-state index contributed by atoms with van der Waals surface area (Å²) in [4.78, 5) is 14.2. The van der Waals surface area contributed by atoms with Crippen LogP contribution in [0.25, 0.3) is 0 Å². The molecule has 4 heteroatoms. The molecule has 0 aliphatic carbocycles. The molecule has 0 aliphatic rings. The Labute approximate surface area is 122 Å². The number of nitrogens with one attached hydrogen (secondary N) is 1. The van der Waals surface area contributed by atoms with Crippen LogP contribution in [0.4, 0.5) is 0 Å². The van der Waals surface area contributed by atoms with Crippen LogP contribution in [0.15, 0.2) is 24.3 Å². The van der Waals surface area contributed by atoms with Gasteiger partial charge in [-0.1, -0.05) is 13.0 Å². The average Bonchev–Trinajstić information content (AvgIpc) is 2.34. The van der Waals surface area contributed by atoms with Gasteiger partial charge in [0.25, 0.3) is 5.91 Å². The second-order valence-corrected chi connectivity index (χ2v) is 5.77. The van der Waals surface area contributed by atoms with Crippen molar-refractivity contribution in [3.63, 3.8) is 0 Å². The summed E-state index contributed by atoms with van der Waals surface area (Å²) in [6.07, 6.45) is 0.105. The predicted octanol–water partition coefficient (Wildman–Crippen LogP) is 2.40. The van der Waals surface area contributed by atoms with Crippen molar-refractivity contribution in [1.29, 1.82) is 0 Å². The van der Waals surface area contributed by atoms with Gasteiger partial charge in [-0.25, -0.2) is 0 Å². The second-order valence-electron chi connectivity index (χ2n) is 5.77. The van der Waals surface area contributed by atoms with Crippen LogP contribution in [0, 0.1) is 5.92 Å². The van der Waals surface area contributed by atoms with Gasteiger partial charge in [-0.2, -0.15) is 0 Å². The number of carbonyl (C=O) groups excluding carboxylic acids is 1. The Morgan fingerprint density at radius 2 is 2.00 bits per heavy atom. The fourth-order valence-corrected chi connectivity index (χ4v) is 2.04. The van der Waals surface area contributed by atoms with Crippen molar-refractivity contribution in [2.75, 3.05) is 27.2 Å². The van der Waals surface area contributed by atoms with E-state index < -0.39 is 0 Å². The van der Waals surface area contributed by atoms with Crippen molar-refractivity contribution < 1.29 is 9.53 Å². The lowest BCUT2D eigenvalue weighted by atomic mass is 10.1. The zero-order chi connectivity index (χ0) is 15.1. The summed E-state index contributed by atoms with van der Waals surface area (Å²) in [6, 6.07) is 7.30. The molecule has 112 valence electrons. The van der Waals surface area contributed by atoms with Crippen LogP contribution in [0.3, 0.4) is 0 Å². The first-order valence-corrected chi connectivity index (χ1v) is 7.08. The number of benzene rings is 1. The van der Waals surface area contributed by atoms with Crippen molar-refractivity contribution in [1.82, 2.24) is 10.2 Å². The first kappa shape index (κ1) is 16.5. The van der Waals surface area contributed by atoms with Crippen LogP contribution in [-0.2, 0) is 0 Å². The standard InChI is InChI=1S/C16H26N2O2/c1-12(2)20-15-8-6-7-14(9-15)16(19)17-10-13(3)11-18(4)5/h6-9,12-13H,10-11H2,1-5H3,(H,17,19)/t13-/m0/s1. The zero-order valence-electron chi connectivity index (χ0n) is 13.1. The number of ether oxygens (including phenoxy) is 1. The molecule has 4 nitrogen and oxygen atoms in total. The third-order valence-electron chi connectivity index (χ3n) is 2.76. The maximum absolute atomic E-state index is 12.1. The molecule has 1 aromatic rings. The lowest BCUT2D eigenvalue weighted by Gasteiger charge is -2.17. The Kier molecular flexibility index (Phi) is 6.52. The van der Waals surface area contributed by atoms with E-state index in [1.807, 2.05) is 40.1 Å². The summed E-state index contributed by atoms with van der Waals surface area (Å²) in [7, 11) is 4.07. The number of hydrogen-bond acceptors (Lipinski definition) is 3. The van der Waals surface area contributed by atoms with E-state index in [0.717, 1.165) is 12.3 Å². The van der Waals surface area contributed by atoms with Gasteiger partial charge in [0.2, 0.25) is 0 Å². The summed E-state index contributed by atoms with van der Waals surface area (Å²) in [5, 5.41) is 2.96. The van der Waals surface area contributed by atoms with E-state index in [9.17, 15) is 4.79 Å². The van der Waals surface area contributed by atoms with Gasteiger partial charge >= 0.3 is 0 Å². The third-order valence-corrected chi connectivity index (χ3v) is 2.76. The van der Waals surface area contributed by atoms with Crippen LogP contribution >= 0.6 is 0 Å². The highest BCUT2D eigenvalue weighted by molar-refractivity contribution is 5.94. The topological polar surface area (TPSA) is 41.6 Å². The van der Waals surface area contributed by atoms with Crippen molar-refractivity contribution in [2.45, 2.75) is 26.9 Å². The van der Waals surface area contributed by atoms with Gasteiger partial charge in [0.05, 0.1) is 6.10 Å². The van der Waals surface area contributed by atoms with Gasteiger partial charge < -0.3 is 15.0 Å². The highest BCUT2D eigenvalue weighted by Gasteiger charge is 2.09. The molecule has 1 N–H and O–H groups in total. The van der Waals surface area contributed by atoms with Crippen molar-refractivity contribution in [3.05, 3.63) is 29.8 Å². The molecule has 20 heavy (non-hydrogen) atoms. The van der Waals surface area contributed by atoms with Crippen molar-refractivity contribution in [3.8, 4) is 5.75 Å². The smallest absolute Gasteiger partial charge is 0.251 e. The van der Waals surface area contributed by atoms with E-state index in [2.05, 4.69) is 17.1 Å². The second kappa shape index (κ2) is 7.90. The van der Waals surface area contributed by atoms with Gasteiger partial charge in [-0.05, 0) is 52.1 Å². The first-order chi connectivity index (χ1) is 9.38. The molecule has 0 bridgehead atoms. The number of amides is 1. The number of hydrogen-bond donors (Lipinski definition) is 1. The van der Waals surface area contributed by atoms with E-state index in [-0.39, 0.29) is 12.0 Å². The van der Waals surface area contributed by atoms with E-state index >= 15 is 0 Å². The van der Waals surface area contributed by atoms with Crippen molar-refractivity contribution in [2.24, 2.45) is 5.92 Å². The lowest BCUT2D eigenvalue weighted by Crippen LogP contribution is -2.32. The summed E-state index contributed by atoms with van der Waals surface area (Å²) in [5.41, 5.74) is 0.639. The van der Waals surface area contributed by atoms with E-state index in [4.69, 9.17) is 4.74 Å². The molecule has 0 unspecified atom stereocenters. The van der Waals surface area contributed by atoms with Crippen LogP contribution in [0.2, 0.25) is 0 Å². The van der Waals surface area contributed by atoms with Crippen LogP contribution in [0.1, 0.15) is 31.1 Å². The molecule has 0 heterocycles. The van der Waals surface area contributed by atoms with Gasteiger partial charge in [0.15, 0.2) is 0 Å². The highest BCUT2D eigenvalue weighted by atomic mass is 16.5. The fourth-order valence-electron chi connectivity index (χ4n) is 2.04. The first-order valence-electron chi connectivity index (χ1n) is 7.08. The SMILES string of the molecule is CC(C)Oc1cccc(C(=O)NC[C@H](C)CN(C)C)c1. The molecule has 1 atom stereocenters. The summed E-state index contributed by atoms with van der Waals surface area (Å²) in [5.74, 6) is 1.10. The predicted molar refractivity (Wildman–Crippen MR) is 82.3 cm³/mol. The van der Waals surface area contributed by atoms with Crippen molar-refractivity contribution >= 4 is 5.91 Å². The summed E-state index contributed by atoms with van der Waals surface area (Å²) < 4.78 is 5.60. The monoisotopic (exact) mass is 278 g/mol. The molecule has 0 saturated heterocycles. The number of carbonyl (C=O) groups is 1. The molecule has 1 amide bonds. The number of rotatable bonds is 7. The molecule has 1 rings (SSSR count). The Morgan fingerprint density at radius 3 is 2.60 bits per heavy atom. The van der Waals surface area contributed by atoms with Gasteiger partial charge in [-0.15, -0.1) is 0 Å². The quantitative estimate of drug-likeness (QED) is 0.832.